The molecule has 0 saturated heterocycles. The third kappa shape index (κ3) is 2.79. The zero-order valence-corrected chi connectivity index (χ0v) is 10.9. The Morgan fingerprint density at radius 1 is 1.71 bits per heavy atom. The molecule has 4 nitrogen and oxygen atoms in total. The molecule has 0 aliphatic carbocycles. The van der Waals surface area contributed by atoms with E-state index in [0.717, 1.165) is 25.9 Å². The number of fused-ring (bicyclic) bond motifs is 1. The molecule has 1 atom stereocenters. The fourth-order valence-electron chi connectivity index (χ4n) is 2.38. The highest BCUT2D eigenvalue weighted by atomic mass is 32.1. The van der Waals surface area contributed by atoms with Gasteiger partial charge in [0.05, 0.1) is 0 Å². The lowest BCUT2D eigenvalue weighted by Gasteiger charge is -2.33. The first-order valence-electron chi connectivity index (χ1n) is 5.99. The standard InChI is InChI=1S/C12H19N3OS/c1-9-10-5-8-17-11(10)4-7-15(9)6-2-3-12(13)14-16/h5,8-9,16H,2-4,6-7H2,1H3,(H2,13,14). The Kier molecular flexibility index (Phi) is 4.02. The van der Waals surface area contributed by atoms with E-state index in [1.165, 1.54) is 10.4 Å². The average Bonchev–Trinajstić information content (AvgIpc) is 2.81. The van der Waals surface area contributed by atoms with Gasteiger partial charge in [-0.2, -0.15) is 0 Å². The van der Waals surface area contributed by atoms with E-state index in [9.17, 15) is 0 Å². The second kappa shape index (κ2) is 5.51. The summed E-state index contributed by atoms with van der Waals surface area (Å²) in [6.45, 7) is 4.38. The van der Waals surface area contributed by atoms with E-state index in [4.69, 9.17) is 10.9 Å². The fraction of sp³-hybridized carbons (Fsp3) is 0.583. The zero-order valence-electron chi connectivity index (χ0n) is 10.1. The normalized spacial score (nSPS) is 21.5. The van der Waals surface area contributed by atoms with Gasteiger partial charge in [0.2, 0.25) is 0 Å². The van der Waals surface area contributed by atoms with Crippen LogP contribution in [0.1, 0.15) is 36.2 Å². The first kappa shape index (κ1) is 12.4. The molecule has 5 heteroatoms. The second-order valence-electron chi connectivity index (χ2n) is 4.46. The minimum absolute atomic E-state index is 0.325. The van der Waals surface area contributed by atoms with Crippen molar-refractivity contribution in [3.8, 4) is 0 Å². The van der Waals surface area contributed by atoms with E-state index < -0.39 is 0 Å². The van der Waals surface area contributed by atoms with Gasteiger partial charge in [0.15, 0.2) is 0 Å². The monoisotopic (exact) mass is 253 g/mol. The summed E-state index contributed by atoms with van der Waals surface area (Å²) in [4.78, 5) is 4.00. The van der Waals surface area contributed by atoms with E-state index >= 15 is 0 Å². The van der Waals surface area contributed by atoms with Gasteiger partial charge in [-0.15, -0.1) is 11.3 Å². The smallest absolute Gasteiger partial charge is 0.139 e. The van der Waals surface area contributed by atoms with E-state index in [1.54, 1.807) is 0 Å². The quantitative estimate of drug-likeness (QED) is 0.374. The predicted molar refractivity (Wildman–Crippen MR) is 70.7 cm³/mol. The lowest BCUT2D eigenvalue weighted by atomic mass is 10.0. The third-order valence-electron chi connectivity index (χ3n) is 3.41. The topological polar surface area (TPSA) is 61.8 Å². The molecule has 1 unspecified atom stereocenters. The van der Waals surface area contributed by atoms with Crippen LogP contribution in [0.4, 0.5) is 0 Å². The molecule has 0 fully saturated rings. The lowest BCUT2D eigenvalue weighted by Crippen LogP contribution is -2.34. The molecular weight excluding hydrogens is 234 g/mol. The number of oxime groups is 1. The first-order chi connectivity index (χ1) is 8.22. The molecule has 17 heavy (non-hydrogen) atoms. The molecule has 0 saturated carbocycles. The molecular formula is C12H19N3OS. The van der Waals surface area contributed by atoms with Crippen molar-refractivity contribution in [2.45, 2.75) is 32.2 Å². The number of hydrogen-bond acceptors (Lipinski definition) is 4. The minimum atomic E-state index is 0.325. The highest BCUT2D eigenvalue weighted by molar-refractivity contribution is 7.10. The predicted octanol–water partition coefficient (Wildman–Crippen LogP) is 2.19. The van der Waals surface area contributed by atoms with Gasteiger partial charge in [-0.1, -0.05) is 5.16 Å². The Bertz CT molecular complexity index is 402. The summed E-state index contributed by atoms with van der Waals surface area (Å²) >= 11 is 1.86. The van der Waals surface area contributed by atoms with Crippen molar-refractivity contribution in [1.82, 2.24) is 4.90 Å². The van der Waals surface area contributed by atoms with Gasteiger partial charge >= 0.3 is 0 Å². The average molecular weight is 253 g/mol. The highest BCUT2D eigenvalue weighted by Gasteiger charge is 2.23. The van der Waals surface area contributed by atoms with Crippen molar-refractivity contribution >= 4 is 17.2 Å². The Morgan fingerprint density at radius 2 is 2.53 bits per heavy atom. The molecule has 3 N–H and O–H groups in total. The molecule has 1 aromatic rings. The van der Waals surface area contributed by atoms with Gasteiger partial charge in [-0.3, -0.25) is 4.90 Å². The fourth-order valence-corrected chi connectivity index (χ4v) is 3.34. The maximum atomic E-state index is 8.48. The van der Waals surface area contributed by atoms with Crippen molar-refractivity contribution in [1.29, 1.82) is 0 Å². The van der Waals surface area contributed by atoms with Crippen LogP contribution in [0.15, 0.2) is 16.6 Å². The highest BCUT2D eigenvalue weighted by Crippen LogP contribution is 2.32. The summed E-state index contributed by atoms with van der Waals surface area (Å²) in [6, 6.07) is 2.73. The van der Waals surface area contributed by atoms with E-state index in [1.807, 2.05) is 11.3 Å². The van der Waals surface area contributed by atoms with E-state index in [2.05, 4.69) is 28.4 Å². The number of amidine groups is 1. The van der Waals surface area contributed by atoms with Crippen LogP contribution in [0.2, 0.25) is 0 Å². The van der Waals surface area contributed by atoms with Gasteiger partial charge in [0.1, 0.15) is 5.84 Å². The van der Waals surface area contributed by atoms with Crippen LogP contribution >= 0.6 is 11.3 Å². The maximum absolute atomic E-state index is 8.48. The Morgan fingerprint density at radius 3 is 3.29 bits per heavy atom. The van der Waals surface area contributed by atoms with Crippen LogP contribution in [0.5, 0.6) is 0 Å². The molecule has 1 aliphatic heterocycles. The minimum Gasteiger partial charge on any atom is -0.409 e. The molecule has 0 bridgehead atoms. The number of rotatable bonds is 4. The van der Waals surface area contributed by atoms with Crippen molar-refractivity contribution < 1.29 is 5.21 Å². The van der Waals surface area contributed by atoms with Gasteiger partial charge in [0.25, 0.3) is 0 Å². The summed E-state index contributed by atoms with van der Waals surface area (Å²) in [6.07, 6.45) is 2.76. The van der Waals surface area contributed by atoms with Crippen LogP contribution in [0, 0.1) is 0 Å². The number of hydrogen-bond donors (Lipinski definition) is 2. The summed E-state index contributed by atoms with van der Waals surface area (Å²) in [5.74, 6) is 0.325. The van der Waals surface area contributed by atoms with Crippen molar-refractivity contribution in [2.75, 3.05) is 13.1 Å². The van der Waals surface area contributed by atoms with Crippen molar-refractivity contribution in [3.05, 3.63) is 21.9 Å². The van der Waals surface area contributed by atoms with Crippen LogP contribution < -0.4 is 5.73 Å². The zero-order chi connectivity index (χ0) is 12.3. The van der Waals surface area contributed by atoms with Crippen LogP contribution in [-0.4, -0.2) is 29.0 Å². The molecule has 0 aromatic carbocycles. The Hall–Kier alpha value is -1.07. The summed E-state index contributed by atoms with van der Waals surface area (Å²) in [7, 11) is 0. The van der Waals surface area contributed by atoms with Gasteiger partial charge in [-0.25, -0.2) is 0 Å². The summed E-state index contributed by atoms with van der Waals surface area (Å²) < 4.78 is 0. The van der Waals surface area contributed by atoms with Crippen LogP contribution in [0.3, 0.4) is 0 Å². The molecule has 1 aliphatic rings. The van der Waals surface area contributed by atoms with Gasteiger partial charge < -0.3 is 10.9 Å². The number of nitrogens with two attached hydrogens (primary N) is 1. The van der Waals surface area contributed by atoms with Crippen LogP contribution in [-0.2, 0) is 6.42 Å². The molecule has 0 spiro atoms. The summed E-state index contributed by atoms with van der Waals surface area (Å²) in [5, 5.41) is 13.7. The van der Waals surface area contributed by atoms with Crippen molar-refractivity contribution in [2.24, 2.45) is 10.9 Å². The molecule has 2 heterocycles. The van der Waals surface area contributed by atoms with Gasteiger partial charge in [-0.05, 0) is 43.3 Å². The van der Waals surface area contributed by atoms with Crippen molar-refractivity contribution in [3.63, 3.8) is 0 Å². The maximum Gasteiger partial charge on any atom is 0.139 e. The molecule has 0 amide bonds. The Balaban J connectivity index is 1.88. The number of nitrogens with zero attached hydrogens (tertiary/aromatic N) is 2. The summed E-state index contributed by atoms with van der Waals surface area (Å²) in [5.41, 5.74) is 6.94. The molecule has 1 aromatic heterocycles. The molecule has 2 rings (SSSR count). The molecule has 0 radical (unpaired) electrons. The third-order valence-corrected chi connectivity index (χ3v) is 4.41. The van der Waals surface area contributed by atoms with E-state index in [-0.39, 0.29) is 0 Å². The van der Waals surface area contributed by atoms with Gasteiger partial charge in [0, 0.05) is 23.9 Å². The number of thiophene rings is 1. The SMILES string of the molecule is CC1c2ccsc2CCN1CCCC(N)=NO. The first-order valence-corrected chi connectivity index (χ1v) is 6.87. The van der Waals surface area contributed by atoms with Crippen LogP contribution in [0.25, 0.3) is 0 Å². The molecule has 94 valence electrons. The van der Waals surface area contributed by atoms with E-state index in [0.29, 0.717) is 18.3 Å². The lowest BCUT2D eigenvalue weighted by molar-refractivity contribution is 0.199. The largest absolute Gasteiger partial charge is 0.409 e. The second-order valence-corrected chi connectivity index (χ2v) is 5.46. The Labute approximate surface area is 106 Å².